The van der Waals surface area contributed by atoms with Crippen LogP contribution in [0.2, 0.25) is 0 Å². The predicted molar refractivity (Wildman–Crippen MR) is 139 cm³/mol. The van der Waals surface area contributed by atoms with E-state index in [2.05, 4.69) is 38.1 Å². The molecule has 1 atom stereocenters. The molecule has 0 bridgehead atoms. The summed E-state index contributed by atoms with van der Waals surface area (Å²) < 4.78 is 0. The van der Waals surface area contributed by atoms with Gasteiger partial charge in [0, 0.05) is 16.5 Å². The fourth-order valence-electron chi connectivity index (χ4n) is 5.25. The van der Waals surface area contributed by atoms with E-state index in [-0.39, 0.29) is 11.8 Å². The van der Waals surface area contributed by atoms with Crippen LogP contribution in [0.3, 0.4) is 0 Å². The van der Waals surface area contributed by atoms with Crippen molar-refractivity contribution in [1.29, 1.82) is 0 Å². The summed E-state index contributed by atoms with van der Waals surface area (Å²) in [7, 11) is 0. The first kappa shape index (κ1) is 24.5. The molecule has 1 aliphatic rings. The maximum absolute atomic E-state index is 13.4. The number of carboxylic acids is 1. The number of amides is 1. The van der Waals surface area contributed by atoms with Gasteiger partial charge in [-0.05, 0) is 54.2 Å². The van der Waals surface area contributed by atoms with E-state index in [0.717, 1.165) is 59.0 Å². The normalized spacial score (nSPS) is 15.6. The monoisotopic (exact) mass is 498 g/mol. The van der Waals surface area contributed by atoms with Crippen molar-refractivity contribution in [2.45, 2.75) is 52.0 Å². The average molecular weight is 499 g/mol. The largest absolute Gasteiger partial charge is 0.480 e. The van der Waals surface area contributed by atoms with Crippen LogP contribution in [0.5, 0.6) is 0 Å². The summed E-state index contributed by atoms with van der Waals surface area (Å²) in [4.78, 5) is 29.9. The van der Waals surface area contributed by atoms with Crippen molar-refractivity contribution in [3.63, 3.8) is 0 Å². The van der Waals surface area contributed by atoms with Crippen LogP contribution in [0.25, 0.3) is 33.5 Å². The van der Waals surface area contributed by atoms with Crippen LogP contribution in [0, 0.1) is 11.3 Å². The van der Waals surface area contributed by atoms with Crippen molar-refractivity contribution in [1.82, 2.24) is 30.9 Å². The van der Waals surface area contributed by atoms with E-state index in [0.29, 0.717) is 12.2 Å². The summed E-state index contributed by atoms with van der Waals surface area (Å²) in [6.07, 6.45) is 4.04. The third-order valence-electron chi connectivity index (χ3n) is 7.34. The molecule has 2 heterocycles. The van der Waals surface area contributed by atoms with Crippen LogP contribution >= 0.6 is 0 Å². The number of tetrazole rings is 1. The number of carbonyl (C=O) groups is 2. The number of hydrogen-bond donors (Lipinski definition) is 3. The third-order valence-corrected chi connectivity index (χ3v) is 7.34. The molecule has 1 aliphatic carbocycles. The Morgan fingerprint density at radius 1 is 1.03 bits per heavy atom. The van der Waals surface area contributed by atoms with Crippen molar-refractivity contribution in [3.8, 4) is 22.6 Å². The number of pyridine rings is 1. The van der Waals surface area contributed by atoms with Crippen molar-refractivity contribution in [3.05, 3.63) is 60.2 Å². The molecule has 0 spiro atoms. The summed E-state index contributed by atoms with van der Waals surface area (Å²) in [5.41, 5.74) is 4.07. The SMILES string of the molecule is CC(C)C(NC(=O)C1(Cc2ccc3nc(-c4ccc(-c5nn[nH]n5)cc4)ccc3c2)CCCC1)C(=O)O. The summed E-state index contributed by atoms with van der Waals surface area (Å²) in [5, 5.41) is 27.5. The van der Waals surface area contributed by atoms with Gasteiger partial charge in [0.05, 0.1) is 16.6 Å². The number of hydrogen-bond acceptors (Lipinski definition) is 6. The topological polar surface area (TPSA) is 134 Å². The van der Waals surface area contributed by atoms with E-state index in [1.165, 1.54) is 0 Å². The van der Waals surface area contributed by atoms with Crippen LogP contribution in [0.15, 0.2) is 54.6 Å². The zero-order valence-corrected chi connectivity index (χ0v) is 20.9. The van der Waals surface area contributed by atoms with Gasteiger partial charge in [-0.2, -0.15) is 5.21 Å². The summed E-state index contributed by atoms with van der Waals surface area (Å²) in [6.45, 7) is 3.63. The lowest BCUT2D eigenvalue weighted by molar-refractivity contribution is -0.145. The Labute approximate surface area is 214 Å². The summed E-state index contributed by atoms with van der Waals surface area (Å²) >= 11 is 0. The Balaban J connectivity index is 1.36. The number of benzene rings is 2. The van der Waals surface area contributed by atoms with Crippen LogP contribution in [-0.2, 0) is 16.0 Å². The maximum atomic E-state index is 13.4. The first-order chi connectivity index (χ1) is 17.8. The van der Waals surface area contributed by atoms with Gasteiger partial charge in [0.15, 0.2) is 0 Å². The Hall–Kier alpha value is -4.14. The molecule has 0 aliphatic heterocycles. The molecule has 5 rings (SSSR count). The molecule has 1 saturated carbocycles. The zero-order chi connectivity index (χ0) is 26.0. The first-order valence-corrected chi connectivity index (χ1v) is 12.6. The lowest BCUT2D eigenvalue weighted by Gasteiger charge is -2.30. The first-order valence-electron chi connectivity index (χ1n) is 12.6. The molecule has 0 saturated heterocycles. The van der Waals surface area contributed by atoms with Crippen LogP contribution in [0.4, 0.5) is 0 Å². The molecule has 3 N–H and O–H groups in total. The highest BCUT2D eigenvalue weighted by Crippen LogP contribution is 2.42. The molecule has 2 aromatic carbocycles. The van der Waals surface area contributed by atoms with Crippen molar-refractivity contribution in [2.24, 2.45) is 11.3 Å². The molecular weight excluding hydrogens is 468 g/mol. The van der Waals surface area contributed by atoms with E-state index in [4.69, 9.17) is 4.98 Å². The van der Waals surface area contributed by atoms with Gasteiger partial charge in [-0.25, -0.2) is 9.78 Å². The van der Waals surface area contributed by atoms with E-state index in [9.17, 15) is 14.7 Å². The molecule has 4 aromatic rings. The molecule has 9 nitrogen and oxygen atoms in total. The van der Waals surface area contributed by atoms with Gasteiger partial charge in [-0.1, -0.05) is 63.1 Å². The highest BCUT2D eigenvalue weighted by atomic mass is 16.4. The second-order valence-electron chi connectivity index (χ2n) is 10.2. The molecule has 1 unspecified atom stereocenters. The maximum Gasteiger partial charge on any atom is 0.326 e. The van der Waals surface area contributed by atoms with Gasteiger partial charge in [-0.3, -0.25) is 4.79 Å². The van der Waals surface area contributed by atoms with E-state index >= 15 is 0 Å². The van der Waals surface area contributed by atoms with Crippen LogP contribution < -0.4 is 5.32 Å². The molecule has 9 heteroatoms. The number of rotatable bonds is 8. The van der Waals surface area contributed by atoms with Crippen molar-refractivity contribution in [2.75, 3.05) is 0 Å². The number of carbonyl (C=O) groups excluding carboxylic acids is 1. The van der Waals surface area contributed by atoms with Gasteiger partial charge < -0.3 is 10.4 Å². The summed E-state index contributed by atoms with van der Waals surface area (Å²) in [6, 6.07) is 17.1. The zero-order valence-electron chi connectivity index (χ0n) is 20.9. The molecule has 0 radical (unpaired) electrons. The summed E-state index contributed by atoms with van der Waals surface area (Å²) in [5.74, 6) is -0.782. The molecule has 2 aromatic heterocycles. The minimum atomic E-state index is -0.992. The van der Waals surface area contributed by atoms with Gasteiger partial charge in [-0.15, -0.1) is 10.2 Å². The molecule has 190 valence electrons. The van der Waals surface area contributed by atoms with Crippen molar-refractivity contribution < 1.29 is 14.7 Å². The smallest absolute Gasteiger partial charge is 0.326 e. The standard InChI is InChI=1S/C28H30N6O3/c1-17(2)24(26(35)36)30-27(37)28(13-3-4-14-28)16-18-5-11-23-21(15-18)10-12-22(29-23)19-6-8-20(9-7-19)25-31-33-34-32-25/h5-12,15,17,24H,3-4,13-14,16H2,1-2H3,(H,30,37)(H,35,36)(H,31,32,33,34). The lowest BCUT2D eigenvalue weighted by atomic mass is 9.78. The third kappa shape index (κ3) is 5.07. The number of fused-ring (bicyclic) bond motifs is 1. The molecular formula is C28H30N6O3. The number of carboxylic acid groups (broad SMARTS) is 1. The molecule has 37 heavy (non-hydrogen) atoms. The Bertz CT molecular complexity index is 1410. The van der Waals surface area contributed by atoms with Gasteiger partial charge >= 0.3 is 5.97 Å². The minimum absolute atomic E-state index is 0.149. The van der Waals surface area contributed by atoms with E-state index in [1.54, 1.807) is 0 Å². The van der Waals surface area contributed by atoms with Gasteiger partial charge in [0.25, 0.3) is 0 Å². The quantitative estimate of drug-likeness (QED) is 0.328. The fourth-order valence-corrected chi connectivity index (χ4v) is 5.25. The lowest BCUT2D eigenvalue weighted by Crippen LogP contribution is -2.50. The Morgan fingerprint density at radius 3 is 2.41 bits per heavy atom. The van der Waals surface area contributed by atoms with Crippen molar-refractivity contribution >= 4 is 22.8 Å². The van der Waals surface area contributed by atoms with E-state index in [1.807, 2.05) is 56.3 Å². The Kier molecular flexibility index (Phi) is 6.69. The Morgan fingerprint density at radius 2 is 1.76 bits per heavy atom. The second kappa shape index (κ2) is 10.1. The minimum Gasteiger partial charge on any atom is -0.480 e. The van der Waals surface area contributed by atoms with Gasteiger partial charge in [0.1, 0.15) is 6.04 Å². The molecule has 1 fully saturated rings. The number of H-pyrrole nitrogens is 1. The number of aromatic amines is 1. The average Bonchev–Trinajstić information content (AvgIpc) is 3.60. The molecule has 1 amide bonds. The highest BCUT2D eigenvalue weighted by molar-refractivity contribution is 5.88. The number of nitrogens with one attached hydrogen (secondary N) is 2. The van der Waals surface area contributed by atoms with E-state index < -0.39 is 17.4 Å². The van der Waals surface area contributed by atoms with Gasteiger partial charge in [0.2, 0.25) is 11.7 Å². The fraction of sp³-hybridized carbons (Fsp3) is 0.357. The van der Waals surface area contributed by atoms with Crippen LogP contribution in [-0.4, -0.2) is 48.6 Å². The number of aliphatic carboxylic acids is 1. The predicted octanol–water partition coefficient (Wildman–Crippen LogP) is 4.41. The number of nitrogens with zero attached hydrogens (tertiary/aromatic N) is 4. The highest BCUT2D eigenvalue weighted by Gasteiger charge is 2.42. The second-order valence-corrected chi connectivity index (χ2v) is 10.2. The number of aromatic nitrogens is 5. The van der Waals surface area contributed by atoms with Crippen LogP contribution in [0.1, 0.15) is 45.1 Å².